The van der Waals surface area contributed by atoms with E-state index in [1.165, 1.54) is 12.4 Å². The molecule has 70 valence electrons. The van der Waals surface area contributed by atoms with Crippen LogP contribution in [0.4, 0.5) is 0 Å². The number of rotatable bonds is 3. The van der Waals surface area contributed by atoms with Crippen LogP contribution in [0.2, 0.25) is 5.02 Å². The Hall–Kier alpha value is -1.13. The summed E-state index contributed by atoms with van der Waals surface area (Å²) in [5.41, 5.74) is 5.83. The first-order valence-corrected chi connectivity index (χ1v) is 4.06. The van der Waals surface area contributed by atoms with Crippen molar-refractivity contribution >= 4 is 17.6 Å². The summed E-state index contributed by atoms with van der Waals surface area (Å²) in [6.07, 6.45) is 2.90. The molecule has 0 aromatic carbocycles. The molecule has 0 amide bonds. The van der Waals surface area contributed by atoms with E-state index in [0.717, 1.165) is 0 Å². The van der Waals surface area contributed by atoms with E-state index in [0.29, 0.717) is 10.6 Å². The number of hydrogen-bond acceptors (Lipinski definition) is 3. The minimum absolute atomic E-state index is 0.0390. The molecule has 0 fully saturated rings. The van der Waals surface area contributed by atoms with Crippen molar-refractivity contribution in [3.05, 3.63) is 29.0 Å². The van der Waals surface area contributed by atoms with E-state index in [9.17, 15) is 4.79 Å². The van der Waals surface area contributed by atoms with Crippen molar-refractivity contribution in [2.75, 3.05) is 6.54 Å². The standard InChI is InChI=1S/C8H9ClN2O2/c9-6-1-5(3-11-4-6)7(2-10)8(12)13/h1,3-4,7H,2,10H2,(H,12,13). The molecule has 0 bridgehead atoms. The van der Waals surface area contributed by atoms with Crippen LogP contribution in [-0.4, -0.2) is 22.6 Å². The second-order valence-corrected chi connectivity index (χ2v) is 3.00. The van der Waals surface area contributed by atoms with Gasteiger partial charge in [-0.05, 0) is 11.6 Å². The third-order valence-corrected chi connectivity index (χ3v) is 1.87. The lowest BCUT2D eigenvalue weighted by Gasteiger charge is -2.08. The highest BCUT2D eigenvalue weighted by atomic mass is 35.5. The van der Waals surface area contributed by atoms with Gasteiger partial charge in [-0.1, -0.05) is 11.6 Å². The maximum absolute atomic E-state index is 10.7. The van der Waals surface area contributed by atoms with Crippen LogP contribution in [0.5, 0.6) is 0 Å². The van der Waals surface area contributed by atoms with Crippen molar-refractivity contribution < 1.29 is 9.90 Å². The first-order chi connectivity index (χ1) is 6.15. The smallest absolute Gasteiger partial charge is 0.312 e. The number of halogens is 1. The van der Waals surface area contributed by atoms with E-state index in [-0.39, 0.29) is 6.54 Å². The molecule has 1 rings (SSSR count). The summed E-state index contributed by atoms with van der Waals surface area (Å²) >= 11 is 5.65. The minimum atomic E-state index is -0.966. The van der Waals surface area contributed by atoms with Crippen LogP contribution < -0.4 is 5.73 Å². The van der Waals surface area contributed by atoms with Crippen LogP contribution in [0.15, 0.2) is 18.5 Å². The number of aromatic nitrogens is 1. The van der Waals surface area contributed by atoms with Crippen LogP contribution >= 0.6 is 11.6 Å². The molecule has 0 aliphatic carbocycles. The molecule has 0 saturated heterocycles. The molecule has 0 aliphatic rings. The number of carboxylic acid groups (broad SMARTS) is 1. The van der Waals surface area contributed by atoms with Gasteiger partial charge in [0.1, 0.15) is 0 Å². The highest BCUT2D eigenvalue weighted by Crippen LogP contribution is 2.17. The predicted molar refractivity (Wildman–Crippen MR) is 48.7 cm³/mol. The molecule has 1 atom stereocenters. The van der Waals surface area contributed by atoms with Crippen molar-refractivity contribution in [3.8, 4) is 0 Å². The lowest BCUT2D eigenvalue weighted by molar-refractivity contribution is -0.138. The van der Waals surface area contributed by atoms with Crippen LogP contribution in [0.1, 0.15) is 11.5 Å². The lowest BCUT2D eigenvalue weighted by atomic mass is 10.0. The Labute approximate surface area is 80.3 Å². The zero-order chi connectivity index (χ0) is 9.84. The molecule has 1 heterocycles. The number of aliphatic carboxylic acids is 1. The van der Waals surface area contributed by atoms with Gasteiger partial charge in [0.25, 0.3) is 0 Å². The van der Waals surface area contributed by atoms with E-state index in [1.807, 2.05) is 0 Å². The largest absolute Gasteiger partial charge is 0.481 e. The molecular formula is C8H9ClN2O2. The summed E-state index contributed by atoms with van der Waals surface area (Å²) in [6.45, 7) is 0.0390. The number of nitrogens with two attached hydrogens (primary N) is 1. The fourth-order valence-corrected chi connectivity index (χ4v) is 1.18. The van der Waals surface area contributed by atoms with Crippen molar-refractivity contribution in [1.29, 1.82) is 0 Å². The van der Waals surface area contributed by atoms with Crippen LogP contribution in [0.25, 0.3) is 0 Å². The van der Waals surface area contributed by atoms with Crippen LogP contribution in [-0.2, 0) is 4.79 Å². The molecule has 1 unspecified atom stereocenters. The monoisotopic (exact) mass is 200 g/mol. The Morgan fingerprint density at radius 3 is 2.85 bits per heavy atom. The van der Waals surface area contributed by atoms with Crippen molar-refractivity contribution in [3.63, 3.8) is 0 Å². The van der Waals surface area contributed by atoms with E-state index in [4.69, 9.17) is 22.4 Å². The quantitative estimate of drug-likeness (QED) is 0.759. The molecule has 3 N–H and O–H groups in total. The molecule has 0 radical (unpaired) electrons. The molecule has 5 heteroatoms. The maximum atomic E-state index is 10.7. The normalized spacial score (nSPS) is 12.5. The van der Waals surface area contributed by atoms with Gasteiger partial charge in [0.05, 0.1) is 10.9 Å². The van der Waals surface area contributed by atoms with Gasteiger partial charge in [0.15, 0.2) is 0 Å². The van der Waals surface area contributed by atoms with E-state index in [1.54, 1.807) is 6.07 Å². The second kappa shape index (κ2) is 4.20. The van der Waals surface area contributed by atoms with Gasteiger partial charge in [0.2, 0.25) is 0 Å². The number of hydrogen-bond donors (Lipinski definition) is 2. The van der Waals surface area contributed by atoms with Gasteiger partial charge < -0.3 is 10.8 Å². The average molecular weight is 201 g/mol. The van der Waals surface area contributed by atoms with Gasteiger partial charge in [-0.15, -0.1) is 0 Å². The van der Waals surface area contributed by atoms with E-state index in [2.05, 4.69) is 4.98 Å². The first kappa shape index (κ1) is 9.95. The zero-order valence-corrected chi connectivity index (χ0v) is 7.53. The summed E-state index contributed by atoms with van der Waals surface area (Å²) in [6, 6.07) is 1.56. The fourth-order valence-electron chi connectivity index (χ4n) is 0.998. The highest BCUT2D eigenvalue weighted by Gasteiger charge is 2.18. The fraction of sp³-hybridized carbons (Fsp3) is 0.250. The van der Waals surface area contributed by atoms with Gasteiger partial charge in [-0.3, -0.25) is 9.78 Å². The molecule has 0 aliphatic heterocycles. The van der Waals surface area contributed by atoms with Gasteiger partial charge >= 0.3 is 5.97 Å². The Morgan fingerprint density at radius 2 is 2.38 bits per heavy atom. The molecule has 13 heavy (non-hydrogen) atoms. The SMILES string of the molecule is NCC(C(=O)O)c1cncc(Cl)c1. The third kappa shape index (κ3) is 2.40. The Morgan fingerprint density at radius 1 is 1.69 bits per heavy atom. The number of pyridine rings is 1. The summed E-state index contributed by atoms with van der Waals surface area (Å²) in [5.74, 6) is -1.70. The van der Waals surface area contributed by atoms with Crippen molar-refractivity contribution in [2.24, 2.45) is 5.73 Å². The summed E-state index contributed by atoms with van der Waals surface area (Å²) in [5, 5.41) is 9.18. The minimum Gasteiger partial charge on any atom is -0.481 e. The zero-order valence-electron chi connectivity index (χ0n) is 6.77. The topological polar surface area (TPSA) is 76.2 Å². The maximum Gasteiger partial charge on any atom is 0.312 e. The van der Waals surface area contributed by atoms with E-state index >= 15 is 0 Å². The number of carboxylic acids is 1. The average Bonchev–Trinajstić information content (AvgIpc) is 2.04. The lowest BCUT2D eigenvalue weighted by Crippen LogP contribution is -2.21. The van der Waals surface area contributed by atoms with E-state index < -0.39 is 11.9 Å². The molecule has 0 saturated carbocycles. The highest BCUT2D eigenvalue weighted by molar-refractivity contribution is 6.30. The number of carbonyl (C=O) groups is 1. The molecule has 1 aromatic heterocycles. The first-order valence-electron chi connectivity index (χ1n) is 3.68. The van der Waals surface area contributed by atoms with Gasteiger partial charge in [-0.2, -0.15) is 0 Å². The molecule has 4 nitrogen and oxygen atoms in total. The molecule has 1 aromatic rings. The van der Waals surface area contributed by atoms with Gasteiger partial charge in [-0.25, -0.2) is 0 Å². The van der Waals surface area contributed by atoms with Crippen molar-refractivity contribution in [1.82, 2.24) is 4.98 Å². The summed E-state index contributed by atoms with van der Waals surface area (Å²) in [7, 11) is 0. The van der Waals surface area contributed by atoms with Gasteiger partial charge in [0, 0.05) is 18.9 Å². The Bertz CT molecular complexity index is 317. The Kier molecular flexibility index (Phi) is 3.22. The summed E-state index contributed by atoms with van der Waals surface area (Å²) < 4.78 is 0. The van der Waals surface area contributed by atoms with Crippen LogP contribution in [0, 0.1) is 0 Å². The number of nitrogens with zero attached hydrogens (tertiary/aromatic N) is 1. The predicted octanol–water partition coefficient (Wildman–Crippen LogP) is 0.862. The third-order valence-electron chi connectivity index (χ3n) is 1.66. The van der Waals surface area contributed by atoms with Crippen LogP contribution in [0.3, 0.4) is 0 Å². The molecule has 0 spiro atoms. The van der Waals surface area contributed by atoms with Crippen molar-refractivity contribution in [2.45, 2.75) is 5.92 Å². The molecular weight excluding hydrogens is 192 g/mol. The second-order valence-electron chi connectivity index (χ2n) is 2.56. The summed E-state index contributed by atoms with van der Waals surface area (Å²) in [4.78, 5) is 14.5. The Balaban J connectivity index is 2.98.